The van der Waals surface area contributed by atoms with E-state index in [2.05, 4.69) is 4.90 Å². The molecule has 2 heterocycles. The molecule has 0 saturated carbocycles. The van der Waals surface area contributed by atoms with Gasteiger partial charge in [0.25, 0.3) is 0 Å². The minimum Gasteiger partial charge on any atom is -0.315 e. The number of rotatable bonds is 3. The third-order valence-electron chi connectivity index (χ3n) is 4.73. The van der Waals surface area contributed by atoms with Crippen molar-refractivity contribution in [2.24, 2.45) is 4.99 Å². The van der Waals surface area contributed by atoms with Gasteiger partial charge >= 0.3 is 0 Å². The van der Waals surface area contributed by atoms with Crippen molar-refractivity contribution in [1.29, 1.82) is 0 Å². The third kappa shape index (κ3) is 3.50. The lowest BCUT2D eigenvalue weighted by molar-refractivity contribution is 0.601. The molecule has 0 bridgehead atoms. The first-order valence-electron chi connectivity index (χ1n) is 8.43. The highest BCUT2D eigenvalue weighted by Crippen LogP contribution is 2.36. The van der Waals surface area contributed by atoms with Gasteiger partial charge in [0.2, 0.25) is 0 Å². The van der Waals surface area contributed by atoms with Crippen molar-refractivity contribution >= 4 is 44.1 Å². The van der Waals surface area contributed by atoms with Crippen molar-refractivity contribution in [3.8, 4) is 0 Å². The van der Waals surface area contributed by atoms with Crippen molar-refractivity contribution in [2.75, 3.05) is 16.4 Å². The van der Waals surface area contributed by atoms with Gasteiger partial charge in [0.05, 0.1) is 23.6 Å². The highest BCUT2D eigenvalue weighted by atomic mass is 35.5. The molecule has 1 fully saturated rings. The van der Waals surface area contributed by atoms with Gasteiger partial charge in [-0.05, 0) is 30.7 Å². The second-order valence-corrected chi connectivity index (χ2v) is 10.2. The van der Waals surface area contributed by atoms with Gasteiger partial charge in [0.15, 0.2) is 15.0 Å². The summed E-state index contributed by atoms with van der Waals surface area (Å²) in [7, 11) is -3.03. The predicted molar refractivity (Wildman–Crippen MR) is 110 cm³/mol. The molecule has 2 aliphatic rings. The number of sulfone groups is 1. The van der Waals surface area contributed by atoms with E-state index in [4.69, 9.17) is 16.6 Å². The van der Waals surface area contributed by atoms with Crippen LogP contribution in [0.3, 0.4) is 0 Å². The number of halogens is 1. The van der Waals surface area contributed by atoms with Gasteiger partial charge in [-0.1, -0.05) is 59.3 Å². The van der Waals surface area contributed by atoms with Gasteiger partial charge in [-0.15, -0.1) is 0 Å². The molecule has 136 valence electrons. The van der Waals surface area contributed by atoms with Crippen LogP contribution >= 0.6 is 23.4 Å². The number of thioether (sulfide) groups is 1. The zero-order valence-corrected chi connectivity index (χ0v) is 16.7. The van der Waals surface area contributed by atoms with E-state index in [9.17, 15) is 8.42 Å². The molecule has 4 nitrogen and oxygen atoms in total. The maximum Gasteiger partial charge on any atom is 0.164 e. The van der Waals surface area contributed by atoms with Crippen LogP contribution in [0.2, 0.25) is 5.02 Å². The molecule has 1 saturated heterocycles. The SMILES string of the molecule is Cc1ccc(N2C(SCc3ccccc3Cl)=N[C@@H]3CS(=O)(=O)C[C@@H]32)cc1. The van der Waals surface area contributed by atoms with Crippen molar-refractivity contribution < 1.29 is 8.42 Å². The van der Waals surface area contributed by atoms with Crippen LogP contribution in [0.4, 0.5) is 5.69 Å². The number of hydrogen-bond donors (Lipinski definition) is 0. The standard InChI is InChI=1S/C19H19ClN2O2S2/c1-13-6-8-15(9-7-13)22-18-12-26(23,24)11-17(18)21-19(22)25-10-14-4-2-3-5-16(14)20/h2-9,17-18H,10-12H2,1H3/t17-,18+/m1/s1. The summed E-state index contributed by atoms with van der Waals surface area (Å²) < 4.78 is 24.2. The zero-order valence-electron chi connectivity index (χ0n) is 14.3. The summed E-state index contributed by atoms with van der Waals surface area (Å²) in [5.41, 5.74) is 3.21. The monoisotopic (exact) mass is 406 g/mol. The van der Waals surface area contributed by atoms with Crippen LogP contribution in [0.1, 0.15) is 11.1 Å². The molecule has 26 heavy (non-hydrogen) atoms. The predicted octanol–water partition coefficient (Wildman–Crippen LogP) is 3.92. The molecule has 4 rings (SSSR count). The van der Waals surface area contributed by atoms with Gasteiger partial charge < -0.3 is 4.90 Å². The van der Waals surface area contributed by atoms with Gasteiger partial charge in [-0.3, -0.25) is 4.99 Å². The molecule has 7 heteroatoms. The van der Waals surface area contributed by atoms with Crippen LogP contribution in [-0.4, -0.2) is 37.2 Å². The van der Waals surface area contributed by atoms with Crippen LogP contribution in [0.5, 0.6) is 0 Å². The molecule has 0 N–H and O–H groups in total. The van der Waals surface area contributed by atoms with Gasteiger partial charge in [-0.25, -0.2) is 8.42 Å². The Morgan fingerprint density at radius 2 is 1.88 bits per heavy atom. The maximum atomic E-state index is 12.1. The summed E-state index contributed by atoms with van der Waals surface area (Å²) in [4.78, 5) is 6.85. The second kappa shape index (κ2) is 6.91. The Balaban J connectivity index is 1.63. The number of benzene rings is 2. The lowest BCUT2D eigenvalue weighted by Crippen LogP contribution is -2.39. The second-order valence-electron chi connectivity index (χ2n) is 6.71. The minimum atomic E-state index is -3.03. The molecule has 2 aromatic carbocycles. The molecule has 0 amide bonds. The van der Waals surface area contributed by atoms with Crippen molar-refractivity contribution in [3.63, 3.8) is 0 Å². The lowest BCUT2D eigenvalue weighted by atomic mass is 10.1. The molecular formula is C19H19ClN2O2S2. The number of aliphatic imine (C=N–C) groups is 1. The van der Waals surface area contributed by atoms with Crippen LogP contribution in [0, 0.1) is 6.92 Å². The quantitative estimate of drug-likeness (QED) is 0.775. The van der Waals surface area contributed by atoms with Crippen LogP contribution in [-0.2, 0) is 15.6 Å². The van der Waals surface area contributed by atoms with Gasteiger partial charge in [0.1, 0.15) is 0 Å². The fourth-order valence-electron chi connectivity index (χ4n) is 3.40. The lowest BCUT2D eigenvalue weighted by Gasteiger charge is -2.26. The Morgan fingerprint density at radius 1 is 1.15 bits per heavy atom. The fraction of sp³-hybridized carbons (Fsp3) is 0.316. The highest BCUT2D eigenvalue weighted by Gasteiger charge is 2.47. The Morgan fingerprint density at radius 3 is 2.62 bits per heavy atom. The van der Waals surface area contributed by atoms with E-state index in [-0.39, 0.29) is 23.6 Å². The number of amidine groups is 1. The number of hydrogen-bond acceptors (Lipinski definition) is 5. The number of nitrogens with zero attached hydrogens (tertiary/aromatic N) is 2. The Labute approximate surface area is 163 Å². The molecule has 2 aliphatic heterocycles. The number of fused-ring (bicyclic) bond motifs is 1. The number of anilines is 1. The summed E-state index contributed by atoms with van der Waals surface area (Å²) in [6.07, 6.45) is 0. The van der Waals surface area contributed by atoms with E-state index >= 15 is 0 Å². The zero-order chi connectivity index (χ0) is 18.3. The molecule has 2 atom stereocenters. The minimum absolute atomic E-state index is 0.114. The fourth-order valence-corrected chi connectivity index (χ4v) is 6.65. The van der Waals surface area contributed by atoms with E-state index in [0.717, 1.165) is 21.4 Å². The van der Waals surface area contributed by atoms with E-state index in [1.807, 2.05) is 55.5 Å². The largest absolute Gasteiger partial charge is 0.315 e. The highest BCUT2D eigenvalue weighted by molar-refractivity contribution is 8.13. The average molecular weight is 407 g/mol. The first-order valence-corrected chi connectivity index (χ1v) is 11.6. The number of aryl methyl sites for hydroxylation is 1. The molecule has 0 aromatic heterocycles. The van der Waals surface area contributed by atoms with Crippen molar-refractivity contribution in [3.05, 3.63) is 64.7 Å². The Hall–Kier alpha value is -1.50. The topological polar surface area (TPSA) is 49.7 Å². The maximum absolute atomic E-state index is 12.1. The van der Waals surface area contributed by atoms with Crippen molar-refractivity contribution in [1.82, 2.24) is 0 Å². The summed E-state index contributed by atoms with van der Waals surface area (Å²) in [5.74, 6) is 0.994. The third-order valence-corrected chi connectivity index (χ3v) is 7.82. The summed E-state index contributed by atoms with van der Waals surface area (Å²) in [6, 6.07) is 15.6. The molecule has 0 spiro atoms. The van der Waals surface area contributed by atoms with E-state index in [0.29, 0.717) is 5.75 Å². The Bertz CT molecular complexity index is 958. The first-order chi connectivity index (χ1) is 12.4. The Kier molecular flexibility index (Phi) is 4.75. The summed E-state index contributed by atoms with van der Waals surface area (Å²) in [5, 5.41) is 1.61. The molecule has 2 aromatic rings. The normalized spacial score (nSPS) is 23.8. The van der Waals surface area contributed by atoms with Gasteiger partial charge in [0, 0.05) is 16.5 Å². The van der Waals surface area contributed by atoms with Gasteiger partial charge in [-0.2, -0.15) is 0 Å². The van der Waals surface area contributed by atoms with E-state index in [1.54, 1.807) is 11.8 Å². The molecule has 0 radical (unpaired) electrons. The molecule has 0 unspecified atom stereocenters. The summed E-state index contributed by atoms with van der Waals surface area (Å²) in [6.45, 7) is 2.04. The average Bonchev–Trinajstić information content (AvgIpc) is 3.06. The first kappa shape index (κ1) is 17.9. The van der Waals surface area contributed by atoms with Crippen LogP contribution in [0.15, 0.2) is 53.5 Å². The van der Waals surface area contributed by atoms with Crippen LogP contribution in [0.25, 0.3) is 0 Å². The van der Waals surface area contributed by atoms with E-state index in [1.165, 1.54) is 5.56 Å². The van der Waals surface area contributed by atoms with Crippen LogP contribution < -0.4 is 4.90 Å². The van der Waals surface area contributed by atoms with E-state index < -0.39 is 9.84 Å². The molecular weight excluding hydrogens is 388 g/mol. The summed E-state index contributed by atoms with van der Waals surface area (Å²) >= 11 is 7.88. The van der Waals surface area contributed by atoms with Crippen molar-refractivity contribution in [2.45, 2.75) is 24.8 Å². The smallest absolute Gasteiger partial charge is 0.164 e. The molecule has 0 aliphatic carbocycles.